The zero-order valence-corrected chi connectivity index (χ0v) is 15.0. The minimum absolute atomic E-state index is 0.0567. The molecule has 0 spiro atoms. The lowest BCUT2D eigenvalue weighted by Crippen LogP contribution is -2.39. The van der Waals surface area contributed by atoms with Crippen molar-refractivity contribution in [1.29, 1.82) is 0 Å². The van der Waals surface area contributed by atoms with Gasteiger partial charge >= 0.3 is 0 Å². The minimum Gasteiger partial charge on any atom is -0.497 e. The van der Waals surface area contributed by atoms with Crippen LogP contribution in [0, 0.1) is 0 Å². The number of benzene rings is 2. The number of nitrogens with zero attached hydrogens (tertiary/aromatic N) is 1. The molecule has 0 aromatic heterocycles. The number of carbonyl (C=O) groups excluding carboxylic acids is 1. The van der Waals surface area contributed by atoms with Gasteiger partial charge in [0.2, 0.25) is 5.91 Å². The van der Waals surface area contributed by atoms with E-state index in [4.69, 9.17) is 14.2 Å². The molecule has 0 unspecified atom stereocenters. The minimum atomic E-state index is -0.146. The highest BCUT2D eigenvalue weighted by Gasteiger charge is 2.31. The van der Waals surface area contributed by atoms with Gasteiger partial charge in [-0.2, -0.15) is 0 Å². The number of methoxy groups -OCH3 is 3. The lowest BCUT2D eigenvalue weighted by Gasteiger charge is -2.37. The number of hydrogen-bond donors (Lipinski definition) is 0. The third kappa shape index (κ3) is 3.14. The molecule has 1 heterocycles. The fourth-order valence-corrected chi connectivity index (χ4v) is 3.43. The maximum Gasteiger partial charge on any atom is 0.220 e. The van der Waals surface area contributed by atoms with Gasteiger partial charge in [0.05, 0.1) is 27.4 Å². The van der Waals surface area contributed by atoms with Crippen LogP contribution in [0.4, 0.5) is 0 Å². The Hall–Kier alpha value is -2.69. The fraction of sp³-hybridized carbons (Fsp3) is 0.350. The highest BCUT2D eigenvalue weighted by molar-refractivity contribution is 5.75. The van der Waals surface area contributed by atoms with Crippen LogP contribution in [-0.2, 0) is 11.2 Å². The molecule has 2 aromatic carbocycles. The van der Waals surface area contributed by atoms with Crippen LogP contribution in [0.25, 0.3) is 0 Å². The first-order valence-corrected chi connectivity index (χ1v) is 8.25. The summed E-state index contributed by atoms with van der Waals surface area (Å²) in [5.74, 6) is 2.24. The summed E-state index contributed by atoms with van der Waals surface area (Å²) < 4.78 is 16.1. The Morgan fingerprint density at radius 1 is 1.00 bits per heavy atom. The molecular weight excluding hydrogens is 318 g/mol. The van der Waals surface area contributed by atoms with Gasteiger partial charge in [0.25, 0.3) is 0 Å². The maximum atomic E-state index is 12.2. The lowest BCUT2D eigenvalue weighted by molar-refractivity contribution is -0.130. The van der Waals surface area contributed by atoms with Gasteiger partial charge in [-0.3, -0.25) is 4.79 Å². The van der Waals surface area contributed by atoms with Crippen molar-refractivity contribution in [2.75, 3.05) is 27.9 Å². The second-order valence-electron chi connectivity index (χ2n) is 6.04. The van der Waals surface area contributed by atoms with E-state index in [9.17, 15) is 4.79 Å². The maximum absolute atomic E-state index is 12.2. The third-order valence-electron chi connectivity index (χ3n) is 4.71. The van der Waals surface area contributed by atoms with Crippen molar-refractivity contribution >= 4 is 5.91 Å². The van der Waals surface area contributed by atoms with Crippen molar-refractivity contribution in [1.82, 2.24) is 4.90 Å². The molecular formula is C20H23NO4. The standard InChI is InChI=1S/C20H23NO4/c1-13(22)21-10-9-15-11-18(24-3)19(25-4)12-17(15)20(21)14-5-7-16(23-2)8-6-14/h5-8,11-12,20H,9-10H2,1-4H3/t20-/m1/s1. The molecule has 0 radical (unpaired) electrons. The van der Waals surface area contributed by atoms with Crippen LogP contribution in [0.5, 0.6) is 17.2 Å². The Labute approximate surface area is 148 Å². The average Bonchev–Trinajstić information content (AvgIpc) is 2.65. The average molecular weight is 341 g/mol. The largest absolute Gasteiger partial charge is 0.497 e. The molecule has 0 fully saturated rings. The van der Waals surface area contributed by atoms with E-state index in [0.717, 1.165) is 23.3 Å². The number of rotatable bonds is 4. The number of hydrogen-bond acceptors (Lipinski definition) is 4. The summed E-state index contributed by atoms with van der Waals surface area (Å²) >= 11 is 0. The first-order valence-electron chi connectivity index (χ1n) is 8.25. The van der Waals surface area contributed by atoms with Crippen LogP contribution in [0.15, 0.2) is 36.4 Å². The van der Waals surface area contributed by atoms with Crippen molar-refractivity contribution in [2.24, 2.45) is 0 Å². The molecule has 0 aliphatic carbocycles. The summed E-state index contributed by atoms with van der Waals surface area (Å²) in [5, 5.41) is 0. The van der Waals surface area contributed by atoms with E-state index < -0.39 is 0 Å². The normalized spacial score (nSPS) is 16.2. The smallest absolute Gasteiger partial charge is 0.220 e. The fourth-order valence-electron chi connectivity index (χ4n) is 3.43. The molecule has 0 bridgehead atoms. The molecule has 1 aliphatic heterocycles. The van der Waals surface area contributed by atoms with Crippen LogP contribution in [-0.4, -0.2) is 38.7 Å². The summed E-state index contributed by atoms with van der Waals surface area (Å²) in [6.45, 7) is 2.29. The van der Waals surface area contributed by atoms with Crippen molar-refractivity contribution < 1.29 is 19.0 Å². The van der Waals surface area contributed by atoms with Crippen LogP contribution >= 0.6 is 0 Å². The highest BCUT2D eigenvalue weighted by Crippen LogP contribution is 2.41. The SMILES string of the molecule is COc1ccc([C@@H]2c3cc(OC)c(OC)cc3CCN2C(C)=O)cc1. The second kappa shape index (κ2) is 7.05. The summed E-state index contributed by atoms with van der Waals surface area (Å²) in [6, 6.07) is 11.7. The predicted octanol–water partition coefficient (Wildman–Crippen LogP) is 3.21. The monoisotopic (exact) mass is 341 g/mol. The quantitative estimate of drug-likeness (QED) is 0.857. The van der Waals surface area contributed by atoms with Crippen molar-refractivity contribution in [2.45, 2.75) is 19.4 Å². The zero-order chi connectivity index (χ0) is 18.0. The molecule has 5 heteroatoms. The Morgan fingerprint density at radius 3 is 2.20 bits per heavy atom. The third-order valence-corrected chi connectivity index (χ3v) is 4.71. The van der Waals surface area contributed by atoms with Crippen molar-refractivity contribution in [3.05, 3.63) is 53.1 Å². The molecule has 5 nitrogen and oxygen atoms in total. The Bertz CT molecular complexity index is 770. The van der Waals surface area contributed by atoms with Gasteiger partial charge in [-0.15, -0.1) is 0 Å². The van der Waals surface area contributed by atoms with E-state index in [1.165, 1.54) is 5.56 Å². The molecule has 0 saturated carbocycles. The zero-order valence-electron chi connectivity index (χ0n) is 15.0. The molecule has 1 aliphatic rings. The van der Waals surface area contributed by atoms with Crippen LogP contribution < -0.4 is 14.2 Å². The van der Waals surface area contributed by atoms with Crippen molar-refractivity contribution in [3.63, 3.8) is 0 Å². The Morgan fingerprint density at radius 2 is 1.64 bits per heavy atom. The second-order valence-corrected chi connectivity index (χ2v) is 6.04. The van der Waals surface area contributed by atoms with Gasteiger partial charge < -0.3 is 19.1 Å². The lowest BCUT2D eigenvalue weighted by atomic mass is 9.87. The predicted molar refractivity (Wildman–Crippen MR) is 95.5 cm³/mol. The molecule has 132 valence electrons. The number of ether oxygens (including phenoxy) is 3. The number of fused-ring (bicyclic) bond motifs is 1. The number of amides is 1. The van der Waals surface area contributed by atoms with Gasteiger partial charge in [-0.05, 0) is 47.4 Å². The van der Waals surface area contributed by atoms with E-state index >= 15 is 0 Å². The van der Waals surface area contributed by atoms with Crippen LogP contribution in [0.2, 0.25) is 0 Å². The summed E-state index contributed by atoms with van der Waals surface area (Å²) in [5.41, 5.74) is 3.30. The van der Waals surface area contributed by atoms with E-state index in [1.807, 2.05) is 41.3 Å². The highest BCUT2D eigenvalue weighted by atomic mass is 16.5. The van der Waals surface area contributed by atoms with Gasteiger partial charge in [-0.1, -0.05) is 12.1 Å². The molecule has 3 rings (SSSR count). The van der Waals surface area contributed by atoms with E-state index in [2.05, 4.69) is 0 Å². The van der Waals surface area contributed by atoms with Gasteiger partial charge in [0.15, 0.2) is 11.5 Å². The molecule has 1 amide bonds. The summed E-state index contributed by atoms with van der Waals surface area (Å²) in [6.07, 6.45) is 0.794. The molecule has 2 aromatic rings. The topological polar surface area (TPSA) is 48.0 Å². The van der Waals surface area contributed by atoms with Crippen molar-refractivity contribution in [3.8, 4) is 17.2 Å². The first-order chi connectivity index (χ1) is 12.1. The molecule has 0 saturated heterocycles. The molecule has 1 atom stereocenters. The van der Waals surface area contributed by atoms with E-state index in [0.29, 0.717) is 18.0 Å². The summed E-state index contributed by atoms with van der Waals surface area (Å²) in [7, 11) is 4.90. The van der Waals surface area contributed by atoms with Gasteiger partial charge in [0, 0.05) is 13.5 Å². The van der Waals surface area contributed by atoms with Crippen LogP contribution in [0.1, 0.15) is 29.7 Å². The van der Waals surface area contributed by atoms with Gasteiger partial charge in [-0.25, -0.2) is 0 Å². The summed E-state index contributed by atoms with van der Waals surface area (Å²) in [4.78, 5) is 14.1. The van der Waals surface area contributed by atoms with E-state index in [-0.39, 0.29) is 11.9 Å². The Kier molecular flexibility index (Phi) is 4.83. The Balaban J connectivity index is 2.13. The number of carbonyl (C=O) groups is 1. The molecule has 25 heavy (non-hydrogen) atoms. The van der Waals surface area contributed by atoms with Crippen LogP contribution in [0.3, 0.4) is 0 Å². The van der Waals surface area contributed by atoms with Gasteiger partial charge in [0.1, 0.15) is 5.75 Å². The molecule has 0 N–H and O–H groups in total. The first kappa shape index (κ1) is 17.1. The van der Waals surface area contributed by atoms with E-state index in [1.54, 1.807) is 28.3 Å².